The van der Waals surface area contributed by atoms with Gasteiger partial charge in [-0.25, -0.2) is 0 Å². The molecular formula is C21H24BrClN2O3. The zero-order valence-corrected chi connectivity index (χ0v) is 18.4. The summed E-state index contributed by atoms with van der Waals surface area (Å²) in [7, 11) is 1.78. The van der Waals surface area contributed by atoms with Crippen molar-refractivity contribution in [2.24, 2.45) is 0 Å². The number of likely N-dealkylation sites (N-methyl/N-ethyl adjacent to an activating group) is 1. The second-order valence-electron chi connectivity index (χ2n) is 6.84. The van der Waals surface area contributed by atoms with Crippen molar-refractivity contribution in [2.45, 2.75) is 13.5 Å². The fraction of sp³-hybridized carbons (Fsp3) is 0.381. The van der Waals surface area contributed by atoms with E-state index in [2.05, 4.69) is 45.1 Å². The predicted molar refractivity (Wildman–Crippen MR) is 115 cm³/mol. The highest BCUT2D eigenvalue weighted by Crippen LogP contribution is 2.32. The van der Waals surface area contributed by atoms with Gasteiger partial charge in [0.1, 0.15) is 5.75 Å². The number of morpholine rings is 1. The molecule has 5 nitrogen and oxygen atoms in total. The Labute approximate surface area is 179 Å². The fourth-order valence-corrected chi connectivity index (χ4v) is 4.14. The number of anilines is 1. The van der Waals surface area contributed by atoms with Crippen molar-refractivity contribution >= 4 is 39.1 Å². The number of halogens is 2. The average molecular weight is 468 g/mol. The quantitative estimate of drug-likeness (QED) is 0.636. The summed E-state index contributed by atoms with van der Waals surface area (Å²) >= 11 is 9.61. The van der Waals surface area contributed by atoms with Crippen molar-refractivity contribution in [1.29, 1.82) is 0 Å². The molecule has 0 bridgehead atoms. The number of carbonyl (C=O) groups is 1. The van der Waals surface area contributed by atoms with Crippen LogP contribution in [0.25, 0.3) is 0 Å². The number of aryl methyl sites for hydroxylation is 1. The summed E-state index contributed by atoms with van der Waals surface area (Å²) in [5.74, 6) is 0.442. The fourth-order valence-electron chi connectivity index (χ4n) is 3.11. The summed E-state index contributed by atoms with van der Waals surface area (Å²) in [6, 6.07) is 12.0. The molecule has 28 heavy (non-hydrogen) atoms. The van der Waals surface area contributed by atoms with Crippen LogP contribution in [0.1, 0.15) is 11.1 Å². The van der Waals surface area contributed by atoms with Crippen LogP contribution in [0.3, 0.4) is 0 Å². The van der Waals surface area contributed by atoms with Gasteiger partial charge in [-0.1, -0.05) is 39.7 Å². The summed E-state index contributed by atoms with van der Waals surface area (Å²) < 4.78 is 12.0. The van der Waals surface area contributed by atoms with Crippen LogP contribution in [0.2, 0.25) is 5.02 Å². The van der Waals surface area contributed by atoms with Gasteiger partial charge >= 0.3 is 0 Å². The van der Waals surface area contributed by atoms with Crippen molar-refractivity contribution < 1.29 is 14.3 Å². The Morgan fingerprint density at radius 2 is 1.93 bits per heavy atom. The zero-order valence-electron chi connectivity index (χ0n) is 16.1. The van der Waals surface area contributed by atoms with Crippen LogP contribution in [0.5, 0.6) is 5.75 Å². The zero-order chi connectivity index (χ0) is 20.1. The van der Waals surface area contributed by atoms with E-state index in [1.54, 1.807) is 18.0 Å². The molecule has 7 heteroatoms. The second-order valence-corrected chi connectivity index (χ2v) is 8.16. The van der Waals surface area contributed by atoms with Gasteiger partial charge < -0.3 is 19.3 Å². The second kappa shape index (κ2) is 9.63. The minimum Gasteiger partial charge on any atom is -0.482 e. The maximum absolute atomic E-state index is 12.5. The molecule has 0 radical (unpaired) electrons. The Hall–Kier alpha value is -1.76. The number of ether oxygens (including phenoxy) is 2. The Morgan fingerprint density at radius 3 is 2.57 bits per heavy atom. The lowest BCUT2D eigenvalue weighted by atomic mass is 10.1. The first-order chi connectivity index (χ1) is 13.4. The normalized spacial score (nSPS) is 14.1. The minimum atomic E-state index is -0.101. The first kappa shape index (κ1) is 21.0. The highest BCUT2D eigenvalue weighted by atomic mass is 79.9. The molecular weight excluding hydrogens is 444 g/mol. The van der Waals surface area contributed by atoms with Crippen molar-refractivity contribution in [3.63, 3.8) is 0 Å². The lowest BCUT2D eigenvalue weighted by molar-refractivity contribution is -0.132. The third-order valence-electron chi connectivity index (χ3n) is 4.69. The van der Waals surface area contributed by atoms with Crippen LogP contribution in [-0.2, 0) is 16.1 Å². The van der Waals surface area contributed by atoms with E-state index in [1.807, 2.05) is 13.0 Å². The number of nitrogens with zero attached hydrogens (tertiary/aromatic N) is 2. The molecule has 1 aliphatic rings. The van der Waals surface area contributed by atoms with E-state index in [0.717, 1.165) is 41.9 Å². The molecule has 150 valence electrons. The molecule has 0 N–H and O–H groups in total. The summed E-state index contributed by atoms with van der Waals surface area (Å²) in [5.41, 5.74) is 3.14. The van der Waals surface area contributed by atoms with Gasteiger partial charge in [0.15, 0.2) is 6.61 Å². The largest absolute Gasteiger partial charge is 0.482 e. The Morgan fingerprint density at radius 1 is 1.25 bits per heavy atom. The van der Waals surface area contributed by atoms with Crippen LogP contribution in [-0.4, -0.2) is 50.8 Å². The van der Waals surface area contributed by atoms with E-state index in [1.165, 1.54) is 5.69 Å². The van der Waals surface area contributed by atoms with Crippen LogP contribution in [0, 0.1) is 6.92 Å². The van der Waals surface area contributed by atoms with E-state index in [9.17, 15) is 4.79 Å². The van der Waals surface area contributed by atoms with Crippen molar-refractivity contribution in [1.82, 2.24) is 4.90 Å². The lowest BCUT2D eigenvalue weighted by Gasteiger charge is -2.29. The summed E-state index contributed by atoms with van der Waals surface area (Å²) in [5, 5.41) is 0.487. The molecule has 2 aromatic rings. The number of carbonyl (C=O) groups excluding carboxylic acids is 1. The van der Waals surface area contributed by atoms with E-state index in [0.29, 0.717) is 17.3 Å². The molecule has 0 aromatic heterocycles. The Balaban J connectivity index is 1.54. The molecule has 2 aromatic carbocycles. The van der Waals surface area contributed by atoms with Crippen molar-refractivity contribution in [3.05, 3.63) is 57.0 Å². The first-order valence-electron chi connectivity index (χ1n) is 9.18. The Bertz CT molecular complexity index is 800. The minimum absolute atomic E-state index is 0.0510. The maximum Gasteiger partial charge on any atom is 0.260 e. The average Bonchev–Trinajstić information content (AvgIpc) is 2.68. The highest BCUT2D eigenvalue weighted by molar-refractivity contribution is 9.10. The SMILES string of the molecule is Cc1cc(Br)cc(Cl)c1OCC(=O)N(C)Cc1ccc(N2CCOCC2)cc1. The van der Waals surface area contributed by atoms with Gasteiger partial charge in [0, 0.05) is 36.8 Å². The van der Waals surface area contributed by atoms with Gasteiger partial charge in [0.05, 0.1) is 18.2 Å². The molecule has 0 saturated carbocycles. The predicted octanol–water partition coefficient (Wildman–Crippen LogP) is 4.28. The standard InChI is InChI=1S/C21H24BrClN2O3/c1-15-11-17(22)12-19(23)21(15)28-14-20(26)24(2)13-16-3-5-18(6-4-16)25-7-9-27-10-8-25/h3-6,11-12H,7-10,13-14H2,1-2H3. The summed E-state index contributed by atoms with van der Waals surface area (Å²) in [6.45, 7) is 5.72. The molecule has 0 spiro atoms. The summed E-state index contributed by atoms with van der Waals surface area (Å²) in [4.78, 5) is 16.4. The first-order valence-corrected chi connectivity index (χ1v) is 10.3. The van der Waals surface area contributed by atoms with Crippen LogP contribution >= 0.6 is 27.5 Å². The molecule has 3 rings (SSSR count). The molecule has 1 heterocycles. The maximum atomic E-state index is 12.5. The van der Waals surface area contributed by atoms with E-state index >= 15 is 0 Å². The number of rotatable bonds is 6. The monoisotopic (exact) mass is 466 g/mol. The molecule has 0 aliphatic carbocycles. The van der Waals surface area contributed by atoms with Gasteiger partial charge in [0.2, 0.25) is 0 Å². The third kappa shape index (κ3) is 5.40. The molecule has 1 aliphatic heterocycles. The van der Waals surface area contributed by atoms with Gasteiger partial charge in [-0.05, 0) is 42.3 Å². The number of hydrogen-bond donors (Lipinski definition) is 0. The van der Waals surface area contributed by atoms with Crippen molar-refractivity contribution in [2.75, 3.05) is 44.9 Å². The Kier molecular flexibility index (Phi) is 7.21. The van der Waals surface area contributed by atoms with E-state index in [4.69, 9.17) is 21.1 Å². The van der Waals surface area contributed by atoms with Crippen LogP contribution in [0.15, 0.2) is 40.9 Å². The van der Waals surface area contributed by atoms with Gasteiger partial charge in [-0.2, -0.15) is 0 Å². The molecule has 0 unspecified atom stereocenters. The topological polar surface area (TPSA) is 42.0 Å². The molecule has 0 atom stereocenters. The van der Waals surface area contributed by atoms with Gasteiger partial charge in [-0.15, -0.1) is 0 Å². The van der Waals surface area contributed by atoms with Gasteiger partial charge in [0.25, 0.3) is 5.91 Å². The summed E-state index contributed by atoms with van der Waals surface area (Å²) in [6.07, 6.45) is 0. The smallest absolute Gasteiger partial charge is 0.260 e. The number of benzene rings is 2. The highest BCUT2D eigenvalue weighted by Gasteiger charge is 2.15. The van der Waals surface area contributed by atoms with Crippen molar-refractivity contribution in [3.8, 4) is 5.75 Å². The number of hydrogen-bond acceptors (Lipinski definition) is 4. The lowest BCUT2D eigenvalue weighted by Crippen LogP contribution is -2.36. The third-order valence-corrected chi connectivity index (χ3v) is 5.43. The molecule has 1 fully saturated rings. The van der Waals surface area contributed by atoms with Crippen LogP contribution < -0.4 is 9.64 Å². The molecule has 1 saturated heterocycles. The van der Waals surface area contributed by atoms with E-state index < -0.39 is 0 Å². The molecule has 1 amide bonds. The van der Waals surface area contributed by atoms with E-state index in [-0.39, 0.29) is 12.5 Å². The number of amides is 1. The van der Waals surface area contributed by atoms with Gasteiger partial charge in [-0.3, -0.25) is 4.79 Å². The van der Waals surface area contributed by atoms with Crippen LogP contribution in [0.4, 0.5) is 5.69 Å².